The molecular weight excluding hydrogens is 288 g/mol. The Morgan fingerprint density at radius 2 is 2.56 bits per heavy atom. The maximum atomic E-state index is 5.69. The second-order valence-electron chi connectivity index (χ2n) is 4.08. The molecule has 16 heavy (non-hydrogen) atoms. The molecule has 0 bridgehead atoms. The lowest BCUT2D eigenvalue weighted by Gasteiger charge is -2.30. The highest BCUT2D eigenvalue weighted by atomic mass is 79.9. The zero-order chi connectivity index (χ0) is 11.4. The normalized spacial score (nSPS) is 22.5. The molecule has 0 amide bonds. The van der Waals surface area contributed by atoms with E-state index in [0.29, 0.717) is 6.10 Å². The van der Waals surface area contributed by atoms with Crippen molar-refractivity contribution in [3.63, 3.8) is 0 Å². The van der Waals surface area contributed by atoms with Crippen LogP contribution in [0.4, 0.5) is 0 Å². The van der Waals surface area contributed by atoms with Gasteiger partial charge in [0.05, 0.1) is 12.7 Å². The first-order valence-corrected chi connectivity index (χ1v) is 7.15. The van der Waals surface area contributed by atoms with E-state index in [0.717, 1.165) is 32.8 Å². The van der Waals surface area contributed by atoms with Gasteiger partial charge in [-0.1, -0.05) is 0 Å². The van der Waals surface area contributed by atoms with Gasteiger partial charge >= 0.3 is 0 Å². The van der Waals surface area contributed by atoms with Gasteiger partial charge < -0.3 is 15.0 Å². The van der Waals surface area contributed by atoms with Crippen LogP contribution in [0.15, 0.2) is 15.9 Å². The molecule has 5 heteroatoms. The van der Waals surface area contributed by atoms with Crippen LogP contribution in [0.1, 0.15) is 4.88 Å². The van der Waals surface area contributed by atoms with Crippen molar-refractivity contribution in [3.8, 4) is 0 Å². The fraction of sp³-hybridized carbons (Fsp3) is 0.636. The quantitative estimate of drug-likeness (QED) is 0.920. The largest absolute Gasteiger partial charge is 0.374 e. The summed E-state index contributed by atoms with van der Waals surface area (Å²) in [5, 5.41) is 5.55. The van der Waals surface area contributed by atoms with Gasteiger partial charge in [-0.25, -0.2) is 0 Å². The maximum Gasteiger partial charge on any atom is 0.0826 e. The van der Waals surface area contributed by atoms with Crippen LogP contribution in [0.2, 0.25) is 0 Å². The van der Waals surface area contributed by atoms with Crippen LogP contribution in [0, 0.1) is 0 Å². The Morgan fingerprint density at radius 3 is 3.25 bits per heavy atom. The fourth-order valence-electron chi connectivity index (χ4n) is 1.79. The van der Waals surface area contributed by atoms with Gasteiger partial charge in [-0.15, -0.1) is 11.3 Å². The van der Waals surface area contributed by atoms with E-state index in [-0.39, 0.29) is 0 Å². The number of morpholine rings is 1. The first-order chi connectivity index (χ1) is 7.75. The third-order valence-electron chi connectivity index (χ3n) is 2.69. The number of nitrogens with one attached hydrogen (secondary N) is 1. The number of rotatable bonds is 4. The van der Waals surface area contributed by atoms with Gasteiger partial charge in [0.25, 0.3) is 0 Å². The van der Waals surface area contributed by atoms with E-state index < -0.39 is 0 Å². The highest BCUT2D eigenvalue weighted by molar-refractivity contribution is 9.10. The summed E-state index contributed by atoms with van der Waals surface area (Å²) in [5.41, 5.74) is 0. The molecule has 3 nitrogen and oxygen atoms in total. The molecule has 0 spiro atoms. The van der Waals surface area contributed by atoms with Crippen molar-refractivity contribution in [2.45, 2.75) is 12.6 Å². The monoisotopic (exact) mass is 304 g/mol. The van der Waals surface area contributed by atoms with Gasteiger partial charge in [0.2, 0.25) is 0 Å². The Morgan fingerprint density at radius 1 is 1.69 bits per heavy atom. The minimum absolute atomic E-state index is 0.331. The van der Waals surface area contributed by atoms with Crippen LogP contribution < -0.4 is 5.32 Å². The Kier molecular flexibility index (Phi) is 4.79. The summed E-state index contributed by atoms with van der Waals surface area (Å²) in [7, 11) is 2.14. The molecule has 0 aliphatic carbocycles. The Labute approximate surface area is 109 Å². The summed E-state index contributed by atoms with van der Waals surface area (Å²) in [4.78, 5) is 3.67. The van der Waals surface area contributed by atoms with Gasteiger partial charge in [-0.2, -0.15) is 0 Å². The van der Waals surface area contributed by atoms with Crippen molar-refractivity contribution >= 4 is 27.3 Å². The summed E-state index contributed by atoms with van der Waals surface area (Å²) in [6.45, 7) is 4.77. The van der Waals surface area contributed by atoms with E-state index in [2.05, 4.69) is 44.6 Å². The SMILES string of the molecule is CN1CCOC(CNCc2sccc2Br)C1. The zero-order valence-corrected chi connectivity index (χ0v) is 11.8. The summed E-state index contributed by atoms with van der Waals surface area (Å²) in [6.07, 6.45) is 0.331. The highest BCUT2D eigenvalue weighted by Gasteiger charge is 2.16. The molecule has 1 aromatic heterocycles. The molecule has 1 aliphatic heterocycles. The minimum Gasteiger partial charge on any atom is -0.374 e. The van der Waals surface area contributed by atoms with Gasteiger partial charge in [-0.3, -0.25) is 0 Å². The van der Waals surface area contributed by atoms with Crippen LogP contribution >= 0.6 is 27.3 Å². The Balaban J connectivity index is 1.70. The number of nitrogens with zero attached hydrogens (tertiary/aromatic N) is 1. The average Bonchev–Trinajstić information content (AvgIpc) is 2.65. The minimum atomic E-state index is 0.331. The van der Waals surface area contributed by atoms with E-state index in [1.165, 1.54) is 9.35 Å². The third kappa shape index (κ3) is 3.53. The number of hydrogen-bond donors (Lipinski definition) is 1. The molecule has 0 aromatic carbocycles. The molecule has 2 heterocycles. The molecule has 1 unspecified atom stereocenters. The van der Waals surface area contributed by atoms with Crippen molar-refractivity contribution in [3.05, 3.63) is 20.8 Å². The van der Waals surface area contributed by atoms with E-state index in [4.69, 9.17) is 4.74 Å². The molecule has 1 N–H and O–H groups in total. The molecule has 2 rings (SSSR count). The lowest BCUT2D eigenvalue weighted by atomic mass is 10.3. The molecule has 1 atom stereocenters. The van der Waals surface area contributed by atoms with E-state index >= 15 is 0 Å². The summed E-state index contributed by atoms with van der Waals surface area (Å²) >= 11 is 5.31. The fourth-order valence-corrected chi connectivity index (χ4v) is 3.25. The second kappa shape index (κ2) is 6.12. The number of hydrogen-bond acceptors (Lipinski definition) is 4. The van der Waals surface area contributed by atoms with E-state index in [9.17, 15) is 0 Å². The van der Waals surface area contributed by atoms with Crippen LogP contribution in [0.25, 0.3) is 0 Å². The molecule has 1 saturated heterocycles. The van der Waals surface area contributed by atoms with E-state index in [1.54, 1.807) is 11.3 Å². The van der Waals surface area contributed by atoms with Gasteiger partial charge in [0, 0.05) is 35.5 Å². The van der Waals surface area contributed by atoms with Gasteiger partial charge in [-0.05, 0) is 34.4 Å². The third-order valence-corrected chi connectivity index (χ3v) is 4.62. The Bertz CT molecular complexity index is 332. The van der Waals surface area contributed by atoms with Crippen molar-refractivity contribution in [2.75, 3.05) is 33.3 Å². The van der Waals surface area contributed by atoms with Gasteiger partial charge in [0.1, 0.15) is 0 Å². The molecule has 90 valence electrons. The molecule has 1 aromatic rings. The molecule has 0 radical (unpaired) electrons. The van der Waals surface area contributed by atoms with Crippen LogP contribution in [0.5, 0.6) is 0 Å². The number of likely N-dealkylation sites (N-methyl/N-ethyl adjacent to an activating group) is 1. The summed E-state index contributed by atoms with van der Waals surface area (Å²) in [6, 6.07) is 2.09. The maximum absolute atomic E-state index is 5.69. The molecule has 0 saturated carbocycles. The lowest BCUT2D eigenvalue weighted by Crippen LogP contribution is -2.44. The summed E-state index contributed by atoms with van der Waals surface area (Å²) < 4.78 is 6.89. The standard InChI is InChI=1S/C11H17BrN2OS/c1-14-3-4-15-9(8-14)6-13-7-11-10(12)2-5-16-11/h2,5,9,13H,3-4,6-8H2,1H3. The topological polar surface area (TPSA) is 24.5 Å². The first-order valence-electron chi connectivity index (χ1n) is 5.48. The molecule has 1 fully saturated rings. The molecular formula is C11H17BrN2OS. The lowest BCUT2D eigenvalue weighted by molar-refractivity contribution is -0.0182. The second-order valence-corrected chi connectivity index (χ2v) is 5.93. The predicted octanol–water partition coefficient (Wildman–Crippen LogP) is 1.93. The van der Waals surface area contributed by atoms with Gasteiger partial charge in [0.15, 0.2) is 0 Å². The van der Waals surface area contributed by atoms with Crippen molar-refractivity contribution in [1.29, 1.82) is 0 Å². The number of ether oxygens (including phenoxy) is 1. The zero-order valence-electron chi connectivity index (χ0n) is 9.41. The highest BCUT2D eigenvalue weighted by Crippen LogP contribution is 2.22. The van der Waals surface area contributed by atoms with Crippen molar-refractivity contribution in [1.82, 2.24) is 10.2 Å². The van der Waals surface area contributed by atoms with Crippen LogP contribution in [-0.4, -0.2) is 44.3 Å². The van der Waals surface area contributed by atoms with Crippen LogP contribution in [-0.2, 0) is 11.3 Å². The van der Waals surface area contributed by atoms with Crippen molar-refractivity contribution in [2.24, 2.45) is 0 Å². The smallest absolute Gasteiger partial charge is 0.0826 e. The van der Waals surface area contributed by atoms with Crippen molar-refractivity contribution < 1.29 is 4.74 Å². The number of thiophene rings is 1. The first kappa shape index (κ1) is 12.5. The predicted molar refractivity (Wildman–Crippen MR) is 71.0 cm³/mol. The van der Waals surface area contributed by atoms with Crippen LogP contribution in [0.3, 0.4) is 0 Å². The Hall–Kier alpha value is 0.0600. The number of halogens is 1. The van der Waals surface area contributed by atoms with E-state index in [1.807, 2.05) is 0 Å². The molecule has 1 aliphatic rings. The summed E-state index contributed by atoms with van der Waals surface area (Å²) in [5.74, 6) is 0. The average molecular weight is 305 g/mol.